The van der Waals surface area contributed by atoms with Crippen LogP contribution in [-0.2, 0) is 19.3 Å². The zero-order valence-electron chi connectivity index (χ0n) is 22.7. The van der Waals surface area contributed by atoms with Crippen LogP contribution in [0.5, 0.6) is 17.2 Å². The number of phenols is 2. The summed E-state index contributed by atoms with van der Waals surface area (Å²) in [5, 5.41) is 23.8. The average molecular weight is 515 g/mol. The number of anilines is 1. The number of ether oxygens (including phenoxy) is 1. The minimum Gasteiger partial charge on any atom is -0.508 e. The summed E-state index contributed by atoms with van der Waals surface area (Å²) in [6.07, 6.45) is 9.16. The van der Waals surface area contributed by atoms with Crippen LogP contribution < -0.4 is 10.1 Å². The van der Waals surface area contributed by atoms with Crippen LogP contribution in [0, 0.1) is 0 Å². The Morgan fingerprint density at radius 2 is 1.63 bits per heavy atom. The van der Waals surface area contributed by atoms with Crippen molar-refractivity contribution in [2.45, 2.75) is 70.3 Å². The van der Waals surface area contributed by atoms with Crippen LogP contribution in [0.2, 0.25) is 0 Å². The smallest absolute Gasteiger partial charge is 0.119 e. The molecule has 0 radical (unpaired) electrons. The Bertz CT molecular complexity index is 1190. The van der Waals surface area contributed by atoms with Crippen molar-refractivity contribution in [2.75, 3.05) is 31.6 Å². The van der Waals surface area contributed by atoms with Gasteiger partial charge in [-0.05, 0) is 117 Å². The molecule has 0 saturated carbocycles. The van der Waals surface area contributed by atoms with Gasteiger partial charge in [-0.2, -0.15) is 0 Å². The summed E-state index contributed by atoms with van der Waals surface area (Å²) < 4.78 is 6.03. The van der Waals surface area contributed by atoms with Crippen molar-refractivity contribution in [3.63, 3.8) is 0 Å². The van der Waals surface area contributed by atoms with Crippen LogP contribution in [-0.4, -0.2) is 47.4 Å². The first-order valence-electron chi connectivity index (χ1n) is 14.4. The lowest BCUT2D eigenvalue weighted by molar-refractivity contribution is 0.214. The number of nitrogens with one attached hydrogen (secondary N) is 1. The highest BCUT2D eigenvalue weighted by Gasteiger charge is 2.23. The average Bonchev–Trinajstić information content (AvgIpc) is 3.18. The number of likely N-dealkylation sites (tertiary alicyclic amines) is 1. The maximum Gasteiger partial charge on any atom is 0.119 e. The minimum absolute atomic E-state index is 0.207. The van der Waals surface area contributed by atoms with Gasteiger partial charge in [0, 0.05) is 24.3 Å². The van der Waals surface area contributed by atoms with Gasteiger partial charge in [0.25, 0.3) is 0 Å². The van der Waals surface area contributed by atoms with Crippen molar-refractivity contribution in [1.82, 2.24) is 4.90 Å². The highest BCUT2D eigenvalue weighted by molar-refractivity contribution is 5.58. The van der Waals surface area contributed by atoms with Gasteiger partial charge in [0.2, 0.25) is 0 Å². The zero-order chi connectivity index (χ0) is 26.3. The topological polar surface area (TPSA) is 65.0 Å². The Morgan fingerprint density at radius 3 is 2.42 bits per heavy atom. The standard InChI is InChI=1S/C33H42N2O3/c1-24(20-25-6-13-31(14-7-25)38-19-18-35-16-4-2-3-5-17-35)34-33-23-30(37)12-15-32(33)28-9-8-27-22-29(36)11-10-26(27)21-28/h6-7,10-15,22-24,28,34,36-37H,2-5,8-9,16-21H2,1H3. The Morgan fingerprint density at radius 1 is 0.895 bits per heavy atom. The predicted octanol–water partition coefficient (Wildman–Crippen LogP) is 6.67. The van der Waals surface area contributed by atoms with Gasteiger partial charge >= 0.3 is 0 Å². The van der Waals surface area contributed by atoms with Crippen molar-refractivity contribution in [3.8, 4) is 17.2 Å². The number of phenolic OH excluding ortho intramolecular Hbond substituents is 2. The number of aromatic hydroxyl groups is 2. The van der Waals surface area contributed by atoms with Crippen molar-refractivity contribution in [3.05, 3.63) is 82.9 Å². The molecule has 0 bridgehead atoms. The van der Waals surface area contributed by atoms with E-state index >= 15 is 0 Å². The normalized spacial score (nSPS) is 18.8. The molecule has 1 saturated heterocycles. The van der Waals surface area contributed by atoms with Crippen LogP contribution in [0.1, 0.15) is 67.2 Å². The van der Waals surface area contributed by atoms with E-state index in [9.17, 15) is 10.2 Å². The van der Waals surface area contributed by atoms with Gasteiger partial charge in [-0.1, -0.05) is 37.1 Å². The minimum atomic E-state index is 0.207. The summed E-state index contributed by atoms with van der Waals surface area (Å²) >= 11 is 0. The van der Waals surface area contributed by atoms with Crippen molar-refractivity contribution in [2.24, 2.45) is 0 Å². The van der Waals surface area contributed by atoms with Crippen LogP contribution in [0.4, 0.5) is 5.69 Å². The molecule has 0 spiro atoms. The fourth-order valence-corrected chi connectivity index (χ4v) is 6.08. The highest BCUT2D eigenvalue weighted by atomic mass is 16.5. The molecule has 3 aromatic carbocycles. The molecule has 2 unspecified atom stereocenters. The lowest BCUT2D eigenvalue weighted by Gasteiger charge is -2.28. The largest absolute Gasteiger partial charge is 0.508 e. The Labute approximate surface area is 227 Å². The Balaban J connectivity index is 1.16. The summed E-state index contributed by atoms with van der Waals surface area (Å²) in [7, 11) is 0. The Kier molecular flexibility index (Phi) is 8.75. The maximum absolute atomic E-state index is 10.2. The van der Waals surface area contributed by atoms with Crippen LogP contribution >= 0.6 is 0 Å². The van der Waals surface area contributed by atoms with E-state index in [1.165, 1.54) is 61.0 Å². The van der Waals surface area contributed by atoms with Crippen LogP contribution in [0.3, 0.4) is 0 Å². The molecule has 1 heterocycles. The van der Waals surface area contributed by atoms with Gasteiger partial charge in [-0.25, -0.2) is 0 Å². The second-order valence-corrected chi connectivity index (χ2v) is 11.2. The molecular weight excluding hydrogens is 472 g/mol. The first-order chi connectivity index (χ1) is 18.5. The van der Waals surface area contributed by atoms with Crippen LogP contribution in [0.25, 0.3) is 0 Å². The van der Waals surface area contributed by atoms with Crippen molar-refractivity contribution >= 4 is 5.69 Å². The maximum atomic E-state index is 10.2. The molecule has 1 aliphatic heterocycles. The lowest BCUT2D eigenvalue weighted by atomic mass is 9.79. The second kappa shape index (κ2) is 12.6. The van der Waals surface area contributed by atoms with Crippen LogP contribution in [0.15, 0.2) is 60.7 Å². The molecular formula is C33H42N2O3. The molecule has 2 aliphatic rings. The SMILES string of the molecule is CC(Cc1ccc(OCCN2CCCCCC2)cc1)Nc1cc(O)ccc1C1CCc2cc(O)ccc2C1. The fraction of sp³-hybridized carbons (Fsp3) is 0.455. The van der Waals surface area contributed by atoms with Crippen molar-refractivity contribution < 1.29 is 14.9 Å². The third kappa shape index (κ3) is 7.02. The second-order valence-electron chi connectivity index (χ2n) is 11.2. The van der Waals surface area contributed by atoms with E-state index in [1.807, 2.05) is 12.1 Å². The molecule has 1 aliphatic carbocycles. The molecule has 38 heavy (non-hydrogen) atoms. The predicted molar refractivity (Wildman–Crippen MR) is 155 cm³/mol. The first-order valence-corrected chi connectivity index (χ1v) is 14.4. The molecule has 3 aromatic rings. The molecule has 1 fully saturated rings. The fourth-order valence-electron chi connectivity index (χ4n) is 6.08. The van der Waals surface area contributed by atoms with E-state index in [0.29, 0.717) is 11.7 Å². The van der Waals surface area contributed by atoms with Gasteiger partial charge < -0.3 is 20.3 Å². The summed E-state index contributed by atoms with van der Waals surface area (Å²) in [5.74, 6) is 1.94. The van der Waals surface area contributed by atoms with Crippen molar-refractivity contribution in [1.29, 1.82) is 0 Å². The monoisotopic (exact) mass is 514 g/mol. The molecule has 0 amide bonds. The number of aryl methyl sites for hydroxylation is 1. The molecule has 5 rings (SSSR count). The van der Waals surface area contributed by atoms with E-state index in [1.54, 1.807) is 12.1 Å². The number of nitrogens with zero attached hydrogens (tertiary/aromatic N) is 1. The summed E-state index contributed by atoms with van der Waals surface area (Å²) in [5.41, 5.74) is 6.08. The van der Waals surface area contributed by atoms with E-state index in [4.69, 9.17) is 4.74 Å². The highest BCUT2D eigenvalue weighted by Crippen LogP contribution is 2.38. The summed E-state index contributed by atoms with van der Waals surface area (Å²) in [4.78, 5) is 2.53. The Hall–Kier alpha value is -3.18. The number of benzene rings is 3. The molecule has 3 N–H and O–H groups in total. The molecule has 5 nitrogen and oxygen atoms in total. The van der Waals surface area contributed by atoms with E-state index in [0.717, 1.165) is 50.3 Å². The van der Waals surface area contributed by atoms with Gasteiger partial charge in [0.1, 0.15) is 23.9 Å². The first kappa shape index (κ1) is 26.4. The van der Waals surface area contributed by atoms with E-state index in [-0.39, 0.29) is 11.8 Å². The molecule has 2 atom stereocenters. The van der Waals surface area contributed by atoms with E-state index in [2.05, 4.69) is 53.5 Å². The van der Waals surface area contributed by atoms with Gasteiger partial charge in [0.05, 0.1) is 0 Å². The quantitative estimate of drug-likeness (QED) is 0.298. The number of rotatable bonds is 9. The summed E-state index contributed by atoms with van der Waals surface area (Å²) in [6.45, 7) is 6.34. The number of fused-ring (bicyclic) bond motifs is 1. The molecule has 202 valence electrons. The zero-order valence-corrected chi connectivity index (χ0v) is 22.7. The van der Waals surface area contributed by atoms with Gasteiger partial charge in [0.15, 0.2) is 0 Å². The van der Waals surface area contributed by atoms with E-state index < -0.39 is 0 Å². The third-order valence-electron chi connectivity index (χ3n) is 8.14. The number of hydrogen-bond acceptors (Lipinski definition) is 5. The summed E-state index contributed by atoms with van der Waals surface area (Å²) in [6, 6.07) is 20.2. The third-order valence-corrected chi connectivity index (χ3v) is 8.14. The molecule has 0 aromatic heterocycles. The molecule has 5 heteroatoms. The number of hydrogen-bond donors (Lipinski definition) is 3. The van der Waals surface area contributed by atoms with Gasteiger partial charge in [-0.15, -0.1) is 0 Å². The lowest BCUT2D eigenvalue weighted by Crippen LogP contribution is -2.29. The van der Waals surface area contributed by atoms with Gasteiger partial charge in [-0.3, -0.25) is 4.90 Å².